The van der Waals surface area contributed by atoms with Crippen LogP contribution in [0.15, 0.2) is 12.1 Å². The second kappa shape index (κ2) is 6.79. The highest BCUT2D eigenvalue weighted by Crippen LogP contribution is 2.17. The smallest absolute Gasteiger partial charge is 0.325 e. The number of nitrogens with zero attached hydrogens (tertiary/aromatic N) is 1. The molecule has 0 aromatic carbocycles. The number of ether oxygens (including phenoxy) is 1. The molecule has 1 rings (SSSR count). The van der Waals surface area contributed by atoms with Gasteiger partial charge in [0.25, 0.3) is 5.91 Å². The third kappa shape index (κ3) is 3.87. The molecule has 0 aliphatic carbocycles. The maximum atomic E-state index is 11.9. The molecule has 0 saturated heterocycles. The minimum absolute atomic E-state index is 0.0924. The number of amides is 1. The van der Waals surface area contributed by atoms with E-state index in [4.69, 9.17) is 5.11 Å². The summed E-state index contributed by atoms with van der Waals surface area (Å²) in [5.41, 5.74) is 0. The lowest BCUT2D eigenvalue weighted by atomic mass is 10.4. The predicted molar refractivity (Wildman–Crippen MR) is 67.3 cm³/mol. The molecular weight excluding hydrogens is 254 g/mol. The van der Waals surface area contributed by atoms with Gasteiger partial charge in [-0.3, -0.25) is 9.59 Å². The van der Waals surface area contributed by atoms with E-state index >= 15 is 0 Å². The lowest BCUT2D eigenvalue weighted by molar-refractivity contribution is -0.141. The van der Waals surface area contributed by atoms with Gasteiger partial charge in [-0.1, -0.05) is 11.8 Å². The van der Waals surface area contributed by atoms with E-state index < -0.39 is 5.97 Å². The number of aliphatic hydroxyl groups is 1. The molecule has 96 valence electrons. The first kappa shape index (κ1) is 14.2. The molecule has 1 aromatic heterocycles. The Morgan fingerprint density at radius 1 is 1.50 bits per heavy atom. The Hall–Kier alpha value is -1.84. The van der Waals surface area contributed by atoms with Gasteiger partial charge in [0.05, 0.1) is 16.9 Å². The molecule has 0 aliphatic rings. The molecule has 0 atom stereocenters. The van der Waals surface area contributed by atoms with E-state index in [9.17, 15) is 9.59 Å². The average molecular weight is 267 g/mol. The number of likely N-dealkylation sites (N-methyl/N-ethyl adjacent to an activating group) is 1. The summed E-state index contributed by atoms with van der Waals surface area (Å²) in [4.78, 5) is 25.4. The van der Waals surface area contributed by atoms with Crippen LogP contribution in [0.25, 0.3) is 0 Å². The van der Waals surface area contributed by atoms with Crippen LogP contribution in [0.1, 0.15) is 14.5 Å². The average Bonchev–Trinajstić information content (AvgIpc) is 2.83. The zero-order chi connectivity index (χ0) is 13.5. The zero-order valence-electron chi connectivity index (χ0n) is 10.1. The summed E-state index contributed by atoms with van der Waals surface area (Å²) in [5, 5.41) is 8.56. The number of hydrogen-bond donors (Lipinski definition) is 1. The SMILES string of the molecule is COC(=O)CN(C)C(=O)c1ccc(C#CCO)s1. The molecule has 1 aromatic rings. The summed E-state index contributed by atoms with van der Waals surface area (Å²) in [5.74, 6) is 4.49. The van der Waals surface area contributed by atoms with Gasteiger partial charge in [0.15, 0.2) is 0 Å². The number of hydrogen-bond acceptors (Lipinski definition) is 5. The lowest BCUT2D eigenvalue weighted by Crippen LogP contribution is -2.32. The van der Waals surface area contributed by atoms with Crippen molar-refractivity contribution in [1.29, 1.82) is 0 Å². The summed E-state index contributed by atoms with van der Waals surface area (Å²) < 4.78 is 4.49. The Morgan fingerprint density at radius 2 is 2.22 bits per heavy atom. The van der Waals surface area contributed by atoms with Crippen molar-refractivity contribution in [3.8, 4) is 11.8 Å². The predicted octanol–water partition coefficient (Wildman–Crippen LogP) is 0.337. The Balaban J connectivity index is 2.72. The van der Waals surface area contributed by atoms with Crippen molar-refractivity contribution in [3.05, 3.63) is 21.9 Å². The zero-order valence-corrected chi connectivity index (χ0v) is 10.9. The van der Waals surface area contributed by atoms with E-state index in [0.717, 1.165) is 0 Å². The molecule has 1 heterocycles. The number of rotatable bonds is 3. The summed E-state index contributed by atoms with van der Waals surface area (Å²) >= 11 is 1.22. The van der Waals surface area contributed by atoms with Gasteiger partial charge in [0.2, 0.25) is 0 Å². The van der Waals surface area contributed by atoms with Crippen LogP contribution >= 0.6 is 11.3 Å². The molecule has 6 heteroatoms. The molecule has 0 spiro atoms. The largest absolute Gasteiger partial charge is 0.468 e. The van der Waals surface area contributed by atoms with E-state index in [1.54, 1.807) is 12.1 Å². The number of aliphatic hydroxyl groups excluding tert-OH is 1. The van der Waals surface area contributed by atoms with Crippen LogP contribution in [-0.4, -0.2) is 49.2 Å². The number of esters is 1. The Labute approximate surface area is 109 Å². The van der Waals surface area contributed by atoms with E-state index in [1.807, 2.05) is 0 Å². The maximum absolute atomic E-state index is 11.9. The van der Waals surface area contributed by atoms with Gasteiger partial charge >= 0.3 is 5.97 Å². The Kier molecular flexibility index (Phi) is 5.36. The van der Waals surface area contributed by atoms with Gasteiger partial charge in [0, 0.05) is 7.05 Å². The molecule has 0 fully saturated rings. The quantitative estimate of drug-likeness (QED) is 0.633. The Bertz CT molecular complexity index is 498. The van der Waals surface area contributed by atoms with Crippen LogP contribution < -0.4 is 0 Å². The molecule has 0 aliphatic heterocycles. The number of thiophene rings is 1. The van der Waals surface area contributed by atoms with Crippen LogP contribution in [-0.2, 0) is 9.53 Å². The number of carbonyl (C=O) groups is 2. The standard InChI is InChI=1S/C12H13NO4S/c1-13(8-11(15)17-2)12(16)10-6-5-9(18-10)4-3-7-14/h5-6,14H,7-8H2,1-2H3. The highest BCUT2D eigenvalue weighted by atomic mass is 32.1. The van der Waals surface area contributed by atoms with Crippen LogP contribution in [0.5, 0.6) is 0 Å². The van der Waals surface area contributed by atoms with Crippen molar-refractivity contribution >= 4 is 23.2 Å². The van der Waals surface area contributed by atoms with Crippen LogP contribution in [0.3, 0.4) is 0 Å². The van der Waals surface area contributed by atoms with E-state index in [-0.39, 0.29) is 19.1 Å². The molecule has 0 bridgehead atoms. The van der Waals surface area contributed by atoms with E-state index in [2.05, 4.69) is 16.6 Å². The first-order valence-electron chi connectivity index (χ1n) is 5.10. The van der Waals surface area contributed by atoms with Gasteiger partial charge in [-0.15, -0.1) is 11.3 Å². The summed E-state index contributed by atoms with van der Waals surface area (Å²) in [6.45, 7) is -0.311. The summed E-state index contributed by atoms with van der Waals surface area (Å²) in [6, 6.07) is 3.34. The van der Waals surface area contributed by atoms with Gasteiger partial charge in [-0.05, 0) is 12.1 Å². The third-order valence-electron chi connectivity index (χ3n) is 2.05. The van der Waals surface area contributed by atoms with Crippen molar-refractivity contribution < 1.29 is 19.4 Å². The second-order valence-corrected chi connectivity index (χ2v) is 4.44. The highest BCUT2D eigenvalue weighted by Gasteiger charge is 2.16. The molecule has 0 radical (unpaired) electrons. The maximum Gasteiger partial charge on any atom is 0.325 e. The van der Waals surface area contributed by atoms with Crippen LogP contribution in [0.4, 0.5) is 0 Å². The van der Waals surface area contributed by atoms with E-state index in [1.165, 1.54) is 30.4 Å². The Morgan fingerprint density at radius 3 is 2.83 bits per heavy atom. The first-order chi connectivity index (χ1) is 8.58. The monoisotopic (exact) mass is 267 g/mol. The molecule has 0 saturated carbocycles. The first-order valence-corrected chi connectivity index (χ1v) is 5.92. The van der Waals surface area contributed by atoms with Crippen molar-refractivity contribution in [2.24, 2.45) is 0 Å². The molecule has 18 heavy (non-hydrogen) atoms. The van der Waals surface area contributed by atoms with Crippen molar-refractivity contribution in [2.75, 3.05) is 27.3 Å². The van der Waals surface area contributed by atoms with Gasteiger partial charge in [-0.2, -0.15) is 0 Å². The van der Waals surface area contributed by atoms with Crippen molar-refractivity contribution in [3.63, 3.8) is 0 Å². The molecule has 0 unspecified atom stereocenters. The fourth-order valence-corrected chi connectivity index (χ4v) is 2.04. The summed E-state index contributed by atoms with van der Waals surface area (Å²) in [6.07, 6.45) is 0. The fraction of sp³-hybridized carbons (Fsp3) is 0.333. The van der Waals surface area contributed by atoms with Crippen LogP contribution in [0.2, 0.25) is 0 Å². The second-order valence-electron chi connectivity index (χ2n) is 3.36. The molecule has 1 amide bonds. The minimum Gasteiger partial charge on any atom is -0.468 e. The van der Waals surface area contributed by atoms with E-state index in [0.29, 0.717) is 9.75 Å². The molecule has 1 N–H and O–H groups in total. The molecule has 5 nitrogen and oxygen atoms in total. The highest BCUT2D eigenvalue weighted by molar-refractivity contribution is 7.14. The number of methoxy groups -OCH3 is 1. The lowest BCUT2D eigenvalue weighted by Gasteiger charge is -2.13. The van der Waals surface area contributed by atoms with Crippen LogP contribution in [0, 0.1) is 11.8 Å². The number of carbonyl (C=O) groups excluding carboxylic acids is 2. The van der Waals surface area contributed by atoms with Gasteiger partial charge in [0.1, 0.15) is 13.2 Å². The van der Waals surface area contributed by atoms with Crippen molar-refractivity contribution in [2.45, 2.75) is 0 Å². The molecular formula is C12H13NO4S. The summed E-state index contributed by atoms with van der Waals surface area (Å²) in [7, 11) is 2.80. The van der Waals surface area contributed by atoms with Gasteiger partial charge < -0.3 is 14.7 Å². The normalized spacial score (nSPS) is 9.28. The van der Waals surface area contributed by atoms with Crippen molar-refractivity contribution in [1.82, 2.24) is 4.90 Å². The minimum atomic E-state index is -0.470. The third-order valence-corrected chi connectivity index (χ3v) is 3.04. The fourth-order valence-electron chi connectivity index (χ4n) is 1.16. The topological polar surface area (TPSA) is 66.8 Å². The van der Waals surface area contributed by atoms with Gasteiger partial charge in [-0.25, -0.2) is 0 Å².